The van der Waals surface area contributed by atoms with Crippen molar-refractivity contribution in [3.05, 3.63) is 28.7 Å². The molecule has 0 unspecified atom stereocenters. The molecule has 1 N–H and O–H groups in total. The SMILES string of the molecule is COc1cc(/C=C2/SC(=O)N(CC(=O)N3CCCCCC3)C2=O)ccc1O. The highest BCUT2D eigenvalue weighted by Gasteiger charge is 2.37. The molecule has 0 bridgehead atoms. The molecule has 2 fully saturated rings. The van der Waals surface area contributed by atoms with Crippen molar-refractivity contribution in [1.29, 1.82) is 0 Å². The van der Waals surface area contributed by atoms with Gasteiger partial charge in [0.2, 0.25) is 5.91 Å². The van der Waals surface area contributed by atoms with Crippen molar-refractivity contribution in [3.8, 4) is 11.5 Å². The van der Waals surface area contributed by atoms with Gasteiger partial charge < -0.3 is 14.7 Å². The van der Waals surface area contributed by atoms with Gasteiger partial charge in [0.1, 0.15) is 6.54 Å². The number of methoxy groups -OCH3 is 1. The van der Waals surface area contributed by atoms with Gasteiger partial charge in [0.15, 0.2) is 11.5 Å². The standard InChI is InChI=1S/C19H22N2O5S/c1-26-15-10-13(6-7-14(15)22)11-16-18(24)21(19(25)27-16)12-17(23)20-8-4-2-3-5-9-20/h6-7,10-11,22H,2-5,8-9,12H2,1H3/b16-11+. The predicted molar refractivity (Wildman–Crippen MR) is 102 cm³/mol. The van der Waals surface area contributed by atoms with E-state index in [0.29, 0.717) is 18.7 Å². The zero-order valence-corrected chi connectivity index (χ0v) is 16.0. The van der Waals surface area contributed by atoms with E-state index < -0.39 is 11.1 Å². The van der Waals surface area contributed by atoms with Crippen molar-refractivity contribution in [1.82, 2.24) is 9.80 Å². The number of phenols is 1. The molecular weight excluding hydrogens is 368 g/mol. The molecule has 7 nitrogen and oxygen atoms in total. The van der Waals surface area contributed by atoms with Crippen molar-refractivity contribution in [2.45, 2.75) is 25.7 Å². The Morgan fingerprint density at radius 2 is 1.93 bits per heavy atom. The molecule has 0 atom stereocenters. The van der Waals surface area contributed by atoms with Gasteiger partial charge in [-0.15, -0.1) is 0 Å². The molecule has 3 rings (SSSR count). The molecule has 1 aromatic carbocycles. The summed E-state index contributed by atoms with van der Waals surface area (Å²) in [4.78, 5) is 40.3. The van der Waals surface area contributed by atoms with E-state index in [2.05, 4.69) is 0 Å². The number of nitrogens with zero attached hydrogens (tertiary/aromatic N) is 2. The number of aromatic hydroxyl groups is 1. The average Bonchev–Trinajstić information content (AvgIpc) is 2.87. The summed E-state index contributed by atoms with van der Waals surface area (Å²) in [6, 6.07) is 4.65. The van der Waals surface area contributed by atoms with E-state index in [1.165, 1.54) is 13.2 Å². The molecule has 0 aromatic heterocycles. The van der Waals surface area contributed by atoms with Gasteiger partial charge in [0, 0.05) is 13.1 Å². The van der Waals surface area contributed by atoms with Gasteiger partial charge in [-0.3, -0.25) is 19.3 Å². The summed E-state index contributed by atoms with van der Waals surface area (Å²) in [6.45, 7) is 1.14. The number of rotatable bonds is 4. The zero-order chi connectivity index (χ0) is 19.4. The summed E-state index contributed by atoms with van der Waals surface area (Å²) in [5, 5.41) is 9.21. The molecule has 2 heterocycles. The van der Waals surface area contributed by atoms with Crippen molar-refractivity contribution in [2.24, 2.45) is 0 Å². The number of hydrogen-bond donors (Lipinski definition) is 1. The highest BCUT2D eigenvalue weighted by molar-refractivity contribution is 8.18. The Balaban J connectivity index is 1.71. The van der Waals surface area contributed by atoms with Crippen molar-refractivity contribution < 1.29 is 24.2 Å². The van der Waals surface area contributed by atoms with Crippen molar-refractivity contribution in [2.75, 3.05) is 26.7 Å². The Labute approximate surface area is 162 Å². The van der Waals surface area contributed by atoms with Crippen LogP contribution in [0.4, 0.5) is 4.79 Å². The molecule has 0 saturated carbocycles. The van der Waals surface area contributed by atoms with E-state index >= 15 is 0 Å². The van der Waals surface area contributed by atoms with E-state index in [1.54, 1.807) is 23.1 Å². The largest absolute Gasteiger partial charge is 0.504 e. The number of ether oxygens (including phenoxy) is 1. The third-order valence-electron chi connectivity index (χ3n) is 4.63. The second-order valence-electron chi connectivity index (χ2n) is 6.49. The van der Waals surface area contributed by atoms with Gasteiger partial charge in [-0.05, 0) is 48.4 Å². The maximum Gasteiger partial charge on any atom is 0.294 e. The van der Waals surface area contributed by atoms with E-state index in [-0.39, 0.29) is 28.9 Å². The number of amides is 3. The monoisotopic (exact) mass is 390 g/mol. The van der Waals surface area contributed by atoms with Crippen LogP contribution < -0.4 is 4.74 Å². The Morgan fingerprint density at radius 1 is 1.22 bits per heavy atom. The molecule has 0 aliphatic carbocycles. The molecule has 2 aliphatic rings. The summed E-state index contributed by atoms with van der Waals surface area (Å²) >= 11 is 0.812. The van der Waals surface area contributed by atoms with E-state index in [0.717, 1.165) is 42.3 Å². The first-order chi connectivity index (χ1) is 13.0. The van der Waals surface area contributed by atoms with Crippen LogP contribution in [0.1, 0.15) is 31.2 Å². The Bertz CT molecular complexity index is 784. The van der Waals surface area contributed by atoms with Crippen LogP contribution in [0.5, 0.6) is 11.5 Å². The van der Waals surface area contributed by atoms with Gasteiger partial charge in [0.25, 0.3) is 11.1 Å². The Hall–Kier alpha value is -2.48. The third kappa shape index (κ3) is 4.44. The van der Waals surface area contributed by atoms with E-state index in [4.69, 9.17) is 4.74 Å². The predicted octanol–water partition coefficient (Wildman–Crippen LogP) is 2.84. The maximum atomic E-state index is 12.6. The van der Waals surface area contributed by atoms with Crippen molar-refractivity contribution in [3.63, 3.8) is 0 Å². The fourth-order valence-corrected chi connectivity index (χ4v) is 3.97. The zero-order valence-electron chi connectivity index (χ0n) is 15.1. The molecule has 8 heteroatoms. The van der Waals surface area contributed by atoms with Crippen LogP contribution in [0.3, 0.4) is 0 Å². The number of hydrogen-bond acceptors (Lipinski definition) is 6. The number of thioether (sulfide) groups is 1. The van der Waals surface area contributed by atoms with Crippen LogP contribution in [0.25, 0.3) is 6.08 Å². The van der Waals surface area contributed by atoms with E-state index in [9.17, 15) is 19.5 Å². The first kappa shape index (κ1) is 19.3. The molecule has 144 valence electrons. The number of phenolic OH excluding ortho intramolecular Hbond substituents is 1. The molecule has 1 aromatic rings. The third-order valence-corrected chi connectivity index (χ3v) is 5.53. The summed E-state index contributed by atoms with van der Waals surface area (Å²) in [7, 11) is 1.43. The molecule has 27 heavy (non-hydrogen) atoms. The topological polar surface area (TPSA) is 87.2 Å². The van der Waals surface area contributed by atoms with E-state index in [1.807, 2.05) is 0 Å². The Kier molecular flexibility index (Phi) is 6.05. The molecule has 0 spiro atoms. The van der Waals surface area contributed by atoms with Gasteiger partial charge in [-0.1, -0.05) is 18.9 Å². The second-order valence-corrected chi connectivity index (χ2v) is 7.49. The van der Waals surface area contributed by atoms with Crippen LogP contribution in [-0.2, 0) is 9.59 Å². The minimum Gasteiger partial charge on any atom is -0.504 e. The number of carbonyl (C=O) groups excluding carboxylic acids is 3. The lowest BCUT2D eigenvalue weighted by Crippen LogP contribution is -2.42. The highest BCUT2D eigenvalue weighted by Crippen LogP contribution is 2.34. The number of likely N-dealkylation sites (tertiary alicyclic amines) is 1. The van der Waals surface area contributed by atoms with Crippen molar-refractivity contribution >= 4 is 34.9 Å². The first-order valence-corrected chi connectivity index (χ1v) is 9.71. The molecule has 0 radical (unpaired) electrons. The molecule has 2 saturated heterocycles. The summed E-state index contributed by atoms with van der Waals surface area (Å²) in [5.41, 5.74) is 0.619. The van der Waals surface area contributed by atoms with Gasteiger partial charge in [0.05, 0.1) is 12.0 Å². The molecular formula is C19H22N2O5S. The number of benzene rings is 1. The Morgan fingerprint density at radius 3 is 2.59 bits per heavy atom. The quantitative estimate of drug-likeness (QED) is 0.796. The maximum absolute atomic E-state index is 12.6. The fourth-order valence-electron chi connectivity index (χ4n) is 3.13. The fraction of sp³-hybridized carbons (Fsp3) is 0.421. The number of imide groups is 1. The minimum absolute atomic E-state index is 0.00852. The smallest absolute Gasteiger partial charge is 0.294 e. The highest BCUT2D eigenvalue weighted by atomic mass is 32.2. The van der Waals surface area contributed by atoms with Gasteiger partial charge >= 0.3 is 0 Å². The normalized spacial score (nSPS) is 19.5. The van der Waals surface area contributed by atoms with Crippen LogP contribution in [0.2, 0.25) is 0 Å². The summed E-state index contributed by atoms with van der Waals surface area (Å²) in [6.07, 6.45) is 5.67. The van der Waals surface area contributed by atoms with Crippen LogP contribution in [0, 0.1) is 0 Å². The number of carbonyl (C=O) groups is 3. The lowest BCUT2D eigenvalue weighted by Gasteiger charge is -2.22. The minimum atomic E-state index is -0.472. The van der Waals surface area contributed by atoms with Crippen LogP contribution >= 0.6 is 11.8 Å². The summed E-state index contributed by atoms with van der Waals surface area (Å²) < 4.78 is 5.05. The lowest BCUT2D eigenvalue weighted by molar-refractivity contribution is -0.135. The average molecular weight is 390 g/mol. The lowest BCUT2D eigenvalue weighted by atomic mass is 10.2. The van der Waals surface area contributed by atoms with Crippen LogP contribution in [-0.4, -0.2) is 58.7 Å². The molecule has 2 aliphatic heterocycles. The van der Waals surface area contributed by atoms with Gasteiger partial charge in [-0.2, -0.15) is 0 Å². The van der Waals surface area contributed by atoms with Gasteiger partial charge in [-0.25, -0.2) is 0 Å². The van der Waals surface area contributed by atoms with Crippen LogP contribution in [0.15, 0.2) is 23.1 Å². The molecule has 3 amide bonds. The summed E-state index contributed by atoms with van der Waals surface area (Å²) in [5.74, 6) is -0.392. The first-order valence-electron chi connectivity index (χ1n) is 8.90. The second kappa shape index (κ2) is 8.47.